The van der Waals surface area contributed by atoms with Gasteiger partial charge in [-0.25, -0.2) is 18.0 Å². The Kier molecular flexibility index (Phi) is 4.74. The summed E-state index contributed by atoms with van der Waals surface area (Å²) in [4.78, 5) is 6.07. The summed E-state index contributed by atoms with van der Waals surface area (Å²) in [7, 11) is -2.70. The molecular formula is C21H19F2N3O2S. The lowest BCUT2D eigenvalue weighted by atomic mass is 10.0. The first kappa shape index (κ1) is 19.3. The van der Waals surface area contributed by atoms with Crippen molar-refractivity contribution in [3.8, 4) is 0 Å². The van der Waals surface area contributed by atoms with E-state index >= 15 is 4.39 Å². The van der Waals surface area contributed by atoms with Crippen LogP contribution in [0.4, 0.5) is 14.6 Å². The van der Waals surface area contributed by atoms with Gasteiger partial charge in [0.05, 0.1) is 23.9 Å². The van der Waals surface area contributed by atoms with Crippen molar-refractivity contribution in [1.82, 2.24) is 4.98 Å². The standard InChI is InChI=1S/C21H19F2N3O2S/c1-13-9-14(12-29(2,24)27)10-20(25-13)26-7-5-15(19(23)11-26)16-3-4-18(22)17-6-8-28-21(16)17/h3-10,24H,11-12H2,1-2H3. The Bertz CT molecular complexity index is 1280. The minimum Gasteiger partial charge on any atom is -0.464 e. The SMILES string of the molecule is Cc1cc(CS(C)(=N)=O)cc(N2C=CC(c3ccc(F)c4ccoc34)=C(F)C2)n1. The monoisotopic (exact) mass is 415 g/mol. The molecule has 0 saturated carbocycles. The van der Waals surface area contributed by atoms with E-state index in [1.165, 1.54) is 30.7 Å². The Labute approximate surface area is 167 Å². The predicted molar refractivity (Wildman–Crippen MR) is 110 cm³/mol. The van der Waals surface area contributed by atoms with Crippen LogP contribution >= 0.6 is 0 Å². The van der Waals surface area contributed by atoms with Crippen LogP contribution in [-0.2, 0) is 15.5 Å². The highest BCUT2D eigenvalue weighted by atomic mass is 32.2. The van der Waals surface area contributed by atoms with Crippen molar-refractivity contribution in [2.45, 2.75) is 12.7 Å². The smallest absolute Gasteiger partial charge is 0.144 e. The molecule has 1 aliphatic heterocycles. The van der Waals surface area contributed by atoms with Crippen LogP contribution in [0.3, 0.4) is 0 Å². The Balaban J connectivity index is 1.67. The van der Waals surface area contributed by atoms with Gasteiger partial charge in [0.15, 0.2) is 0 Å². The number of nitrogens with one attached hydrogen (secondary N) is 1. The summed E-state index contributed by atoms with van der Waals surface area (Å²) in [5.41, 5.74) is 2.53. The van der Waals surface area contributed by atoms with Crippen molar-refractivity contribution >= 4 is 32.1 Å². The average Bonchev–Trinajstić information content (AvgIpc) is 3.11. The van der Waals surface area contributed by atoms with Gasteiger partial charge in [-0.1, -0.05) is 0 Å². The van der Waals surface area contributed by atoms with Crippen LogP contribution in [-0.4, -0.2) is 22.0 Å². The normalized spacial score (nSPS) is 16.5. The molecule has 3 aromatic rings. The Hall–Kier alpha value is -3.00. The van der Waals surface area contributed by atoms with E-state index in [0.717, 1.165) is 5.56 Å². The minimum absolute atomic E-state index is 0.0519. The number of nitrogens with zero attached hydrogens (tertiary/aromatic N) is 2. The van der Waals surface area contributed by atoms with E-state index in [1.54, 1.807) is 36.2 Å². The first-order valence-electron chi connectivity index (χ1n) is 8.90. The highest BCUT2D eigenvalue weighted by Crippen LogP contribution is 2.34. The third-order valence-corrected chi connectivity index (χ3v) is 5.50. The molecule has 2 aromatic heterocycles. The molecule has 1 atom stereocenters. The molecule has 0 bridgehead atoms. The van der Waals surface area contributed by atoms with Crippen LogP contribution in [0.2, 0.25) is 0 Å². The summed E-state index contributed by atoms with van der Waals surface area (Å²) >= 11 is 0. The van der Waals surface area contributed by atoms with Crippen LogP contribution in [0.25, 0.3) is 16.5 Å². The van der Waals surface area contributed by atoms with Gasteiger partial charge in [0.1, 0.15) is 23.0 Å². The second-order valence-corrected chi connectivity index (χ2v) is 9.44. The lowest BCUT2D eigenvalue weighted by molar-refractivity contribution is 0.603. The van der Waals surface area contributed by atoms with Crippen molar-refractivity contribution in [1.29, 1.82) is 4.78 Å². The average molecular weight is 415 g/mol. The van der Waals surface area contributed by atoms with Gasteiger partial charge >= 0.3 is 0 Å². The van der Waals surface area contributed by atoms with Gasteiger partial charge < -0.3 is 9.32 Å². The quantitative estimate of drug-likeness (QED) is 0.638. The van der Waals surface area contributed by atoms with E-state index in [4.69, 9.17) is 9.20 Å². The Morgan fingerprint density at radius 3 is 2.79 bits per heavy atom. The Morgan fingerprint density at radius 2 is 2.07 bits per heavy atom. The molecule has 0 spiro atoms. The molecule has 1 aromatic carbocycles. The number of anilines is 1. The molecule has 0 aliphatic carbocycles. The minimum atomic E-state index is -2.70. The zero-order valence-electron chi connectivity index (χ0n) is 15.9. The molecule has 8 heteroatoms. The van der Waals surface area contributed by atoms with Crippen molar-refractivity contribution < 1.29 is 17.4 Å². The number of hydrogen-bond donors (Lipinski definition) is 1. The largest absolute Gasteiger partial charge is 0.464 e. The lowest BCUT2D eigenvalue weighted by Crippen LogP contribution is -2.23. The maximum atomic E-state index is 15.0. The number of hydrogen-bond acceptors (Lipinski definition) is 5. The number of rotatable bonds is 4. The molecule has 150 valence electrons. The first-order chi connectivity index (χ1) is 13.7. The molecule has 29 heavy (non-hydrogen) atoms. The van der Waals surface area contributed by atoms with E-state index in [0.29, 0.717) is 33.6 Å². The maximum absolute atomic E-state index is 15.0. The molecule has 3 heterocycles. The van der Waals surface area contributed by atoms with E-state index < -0.39 is 21.4 Å². The van der Waals surface area contributed by atoms with Crippen molar-refractivity contribution in [3.05, 3.63) is 77.3 Å². The predicted octanol–water partition coefficient (Wildman–Crippen LogP) is 5.17. The highest BCUT2D eigenvalue weighted by Gasteiger charge is 2.21. The molecule has 0 amide bonds. The molecule has 1 unspecified atom stereocenters. The number of furan rings is 1. The van der Waals surface area contributed by atoms with Crippen LogP contribution < -0.4 is 4.90 Å². The molecule has 5 nitrogen and oxygen atoms in total. The molecule has 0 radical (unpaired) electrons. The van der Waals surface area contributed by atoms with Crippen LogP contribution in [0.5, 0.6) is 0 Å². The van der Waals surface area contributed by atoms with E-state index in [9.17, 15) is 8.60 Å². The summed E-state index contributed by atoms with van der Waals surface area (Å²) in [6.07, 6.45) is 6.07. The molecule has 0 fully saturated rings. The number of benzene rings is 1. The fraction of sp³-hybridized carbons (Fsp3) is 0.190. The summed E-state index contributed by atoms with van der Waals surface area (Å²) in [5.74, 6) is -0.201. The molecule has 1 aliphatic rings. The summed E-state index contributed by atoms with van der Waals surface area (Å²) in [6, 6.07) is 7.81. The van der Waals surface area contributed by atoms with Gasteiger partial charge in [0.25, 0.3) is 0 Å². The van der Waals surface area contributed by atoms with Crippen molar-refractivity contribution in [3.63, 3.8) is 0 Å². The number of aryl methyl sites for hydroxylation is 1. The Morgan fingerprint density at radius 1 is 1.28 bits per heavy atom. The first-order valence-corrected chi connectivity index (χ1v) is 11.0. The number of aromatic nitrogens is 1. The summed E-state index contributed by atoms with van der Waals surface area (Å²) in [6.45, 7) is 1.75. The van der Waals surface area contributed by atoms with Gasteiger partial charge in [-0.3, -0.25) is 4.78 Å². The van der Waals surface area contributed by atoms with Crippen molar-refractivity contribution in [2.75, 3.05) is 17.7 Å². The fourth-order valence-corrected chi connectivity index (χ4v) is 4.25. The third kappa shape index (κ3) is 3.93. The van der Waals surface area contributed by atoms with E-state index in [1.807, 2.05) is 0 Å². The topological polar surface area (TPSA) is 70.2 Å². The van der Waals surface area contributed by atoms with Crippen LogP contribution in [0.1, 0.15) is 16.8 Å². The highest BCUT2D eigenvalue weighted by molar-refractivity contribution is 7.90. The summed E-state index contributed by atoms with van der Waals surface area (Å²) in [5, 5.41) is 0.308. The molecule has 4 rings (SSSR count). The van der Waals surface area contributed by atoms with Gasteiger partial charge in [0, 0.05) is 39.0 Å². The number of pyridine rings is 1. The second-order valence-electron chi connectivity index (χ2n) is 7.14. The second kappa shape index (κ2) is 7.11. The van der Waals surface area contributed by atoms with Crippen LogP contribution in [0, 0.1) is 17.5 Å². The zero-order valence-corrected chi connectivity index (χ0v) is 16.7. The lowest BCUT2D eigenvalue weighted by Gasteiger charge is -2.24. The summed E-state index contributed by atoms with van der Waals surface area (Å²) < 4.78 is 53.8. The van der Waals surface area contributed by atoms with E-state index in [-0.39, 0.29) is 12.3 Å². The zero-order chi connectivity index (χ0) is 20.8. The molecule has 1 N–H and O–H groups in total. The van der Waals surface area contributed by atoms with Crippen molar-refractivity contribution in [2.24, 2.45) is 0 Å². The van der Waals surface area contributed by atoms with Gasteiger partial charge in [-0.05, 0) is 48.9 Å². The third-order valence-electron chi connectivity index (χ3n) is 4.61. The van der Waals surface area contributed by atoms with Gasteiger partial charge in [-0.2, -0.15) is 0 Å². The number of allylic oxidation sites excluding steroid dienone is 2. The fourth-order valence-electron chi connectivity index (χ4n) is 3.45. The number of fused-ring (bicyclic) bond motifs is 1. The van der Waals surface area contributed by atoms with E-state index in [2.05, 4.69) is 4.98 Å². The maximum Gasteiger partial charge on any atom is 0.144 e. The molecule has 0 saturated heterocycles. The number of halogens is 2. The van der Waals surface area contributed by atoms with Gasteiger partial charge in [0.2, 0.25) is 0 Å². The van der Waals surface area contributed by atoms with Crippen LogP contribution in [0.15, 0.2) is 59.1 Å². The molecular weight excluding hydrogens is 396 g/mol. The van der Waals surface area contributed by atoms with Gasteiger partial charge in [-0.15, -0.1) is 0 Å².